The fourth-order valence-electron chi connectivity index (χ4n) is 4.19. The zero-order chi connectivity index (χ0) is 17.5. The Kier molecular flexibility index (Phi) is 6.84. The standard InChI is InChI=1S/C19H32N4O2/c24-13-5-8-18-15-23(21-20-18)14-16-9-11-22(12-10-16)19(25)17-6-3-1-2-4-7-17/h15-17,24H,1-14H2. The van der Waals surface area contributed by atoms with E-state index in [1.807, 2.05) is 10.9 Å². The minimum Gasteiger partial charge on any atom is -0.396 e. The van der Waals surface area contributed by atoms with Crippen molar-refractivity contribution >= 4 is 5.91 Å². The minimum absolute atomic E-state index is 0.195. The van der Waals surface area contributed by atoms with Crippen LogP contribution in [-0.4, -0.2) is 50.6 Å². The Hall–Kier alpha value is -1.43. The van der Waals surface area contributed by atoms with Crippen LogP contribution >= 0.6 is 0 Å². The summed E-state index contributed by atoms with van der Waals surface area (Å²) in [6.07, 6.45) is 12.9. The molecule has 6 nitrogen and oxygen atoms in total. The van der Waals surface area contributed by atoms with E-state index < -0.39 is 0 Å². The van der Waals surface area contributed by atoms with Crippen LogP contribution < -0.4 is 0 Å². The Bertz CT molecular complexity index is 529. The van der Waals surface area contributed by atoms with E-state index in [9.17, 15) is 4.79 Å². The zero-order valence-electron chi connectivity index (χ0n) is 15.3. The first kappa shape index (κ1) is 18.4. The number of aliphatic hydroxyl groups is 1. The SMILES string of the molecule is O=C(C1CCCCCC1)N1CCC(Cn2cc(CCCO)nn2)CC1. The van der Waals surface area contributed by atoms with Gasteiger partial charge in [-0.1, -0.05) is 30.9 Å². The van der Waals surface area contributed by atoms with E-state index in [1.54, 1.807) is 0 Å². The molecule has 0 bridgehead atoms. The van der Waals surface area contributed by atoms with Gasteiger partial charge in [-0.05, 0) is 44.4 Å². The molecule has 1 aromatic rings. The van der Waals surface area contributed by atoms with E-state index in [2.05, 4.69) is 15.2 Å². The molecule has 1 aliphatic heterocycles. The maximum atomic E-state index is 12.8. The van der Waals surface area contributed by atoms with Gasteiger partial charge in [0.25, 0.3) is 0 Å². The van der Waals surface area contributed by atoms with E-state index >= 15 is 0 Å². The van der Waals surface area contributed by atoms with Crippen molar-refractivity contribution in [3.05, 3.63) is 11.9 Å². The van der Waals surface area contributed by atoms with Crippen molar-refractivity contribution < 1.29 is 9.90 Å². The average Bonchev–Trinajstić information content (AvgIpc) is 2.91. The van der Waals surface area contributed by atoms with Crippen molar-refractivity contribution in [1.29, 1.82) is 0 Å². The van der Waals surface area contributed by atoms with Gasteiger partial charge in [-0.25, -0.2) is 0 Å². The molecule has 0 radical (unpaired) electrons. The molecule has 1 amide bonds. The van der Waals surface area contributed by atoms with Gasteiger partial charge in [-0.2, -0.15) is 0 Å². The fraction of sp³-hybridized carbons (Fsp3) is 0.842. The highest BCUT2D eigenvalue weighted by Crippen LogP contribution is 2.27. The molecule has 0 atom stereocenters. The molecule has 2 fully saturated rings. The zero-order valence-corrected chi connectivity index (χ0v) is 15.3. The van der Waals surface area contributed by atoms with Crippen molar-refractivity contribution in [2.24, 2.45) is 11.8 Å². The van der Waals surface area contributed by atoms with Gasteiger partial charge in [-0.15, -0.1) is 5.10 Å². The normalized spacial score (nSPS) is 20.6. The molecule has 1 saturated carbocycles. The fourth-order valence-corrected chi connectivity index (χ4v) is 4.19. The highest BCUT2D eigenvalue weighted by atomic mass is 16.3. The number of aliphatic hydroxyl groups excluding tert-OH is 1. The first-order valence-electron chi connectivity index (χ1n) is 10.0. The molecule has 0 aromatic carbocycles. The molecule has 2 aliphatic rings. The monoisotopic (exact) mass is 348 g/mol. The van der Waals surface area contributed by atoms with Gasteiger partial charge < -0.3 is 10.0 Å². The molecule has 1 saturated heterocycles. The van der Waals surface area contributed by atoms with Crippen molar-refractivity contribution in [1.82, 2.24) is 19.9 Å². The van der Waals surface area contributed by atoms with Gasteiger partial charge in [-0.3, -0.25) is 9.48 Å². The number of hydrogen-bond acceptors (Lipinski definition) is 4. The number of nitrogens with zero attached hydrogens (tertiary/aromatic N) is 4. The molecule has 1 N–H and O–H groups in total. The molecule has 140 valence electrons. The summed E-state index contributed by atoms with van der Waals surface area (Å²) in [4.78, 5) is 14.9. The number of carbonyl (C=O) groups excluding carboxylic acids is 1. The van der Waals surface area contributed by atoms with Gasteiger partial charge >= 0.3 is 0 Å². The summed E-state index contributed by atoms with van der Waals surface area (Å²) in [6, 6.07) is 0. The summed E-state index contributed by atoms with van der Waals surface area (Å²) in [5.41, 5.74) is 0.954. The molecule has 0 unspecified atom stereocenters. The number of aromatic nitrogens is 3. The van der Waals surface area contributed by atoms with E-state index in [4.69, 9.17) is 5.11 Å². The van der Waals surface area contributed by atoms with E-state index in [0.717, 1.165) is 63.9 Å². The first-order valence-corrected chi connectivity index (χ1v) is 10.0. The molecule has 0 spiro atoms. The molecular formula is C19H32N4O2. The highest BCUT2D eigenvalue weighted by Gasteiger charge is 2.28. The van der Waals surface area contributed by atoms with Crippen molar-refractivity contribution in [3.63, 3.8) is 0 Å². The third-order valence-corrected chi connectivity index (χ3v) is 5.75. The molecular weight excluding hydrogens is 316 g/mol. The van der Waals surface area contributed by atoms with E-state index in [1.165, 1.54) is 25.7 Å². The number of amides is 1. The molecule has 2 heterocycles. The third-order valence-electron chi connectivity index (χ3n) is 5.75. The maximum absolute atomic E-state index is 12.8. The first-order chi connectivity index (χ1) is 12.3. The number of piperidine rings is 1. The van der Waals surface area contributed by atoms with Crippen molar-refractivity contribution in [3.8, 4) is 0 Å². The molecule has 25 heavy (non-hydrogen) atoms. The van der Waals surface area contributed by atoms with Crippen LogP contribution in [0.15, 0.2) is 6.20 Å². The van der Waals surface area contributed by atoms with Gasteiger partial charge in [0, 0.05) is 38.4 Å². The van der Waals surface area contributed by atoms with Crippen LogP contribution in [0.25, 0.3) is 0 Å². The molecule has 1 aliphatic carbocycles. The summed E-state index contributed by atoms with van der Waals surface area (Å²) >= 11 is 0. The Labute approximate surface area is 150 Å². The maximum Gasteiger partial charge on any atom is 0.225 e. The largest absolute Gasteiger partial charge is 0.396 e. The number of likely N-dealkylation sites (tertiary alicyclic amines) is 1. The topological polar surface area (TPSA) is 71.2 Å². The number of rotatable bonds is 6. The summed E-state index contributed by atoms with van der Waals surface area (Å²) in [5, 5.41) is 17.3. The number of hydrogen-bond donors (Lipinski definition) is 1. The summed E-state index contributed by atoms with van der Waals surface area (Å²) < 4.78 is 1.93. The third kappa shape index (κ3) is 5.27. The molecule has 6 heteroatoms. The lowest BCUT2D eigenvalue weighted by molar-refractivity contribution is -0.137. The lowest BCUT2D eigenvalue weighted by Gasteiger charge is -2.34. The van der Waals surface area contributed by atoms with Crippen LogP contribution in [-0.2, 0) is 17.8 Å². The smallest absolute Gasteiger partial charge is 0.225 e. The number of aryl methyl sites for hydroxylation is 1. The number of carbonyl (C=O) groups is 1. The van der Waals surface area contributed by atoms with Crippen LogP contribution in [0.5, 0.6) is 0 Å². The second-order valence-corrected chi connectivity index (χ2v) is 7.72. The van der Waals surface area contributed by atoms with Crippen LogP contribution in [0.2, 0.25) is 0 Å². The Morgan fingerprint density at radius 3 is 2.52 bits per heavy atom. The average molecular weight is 348 g/mol. The van der Waals surface area contributed by atoms with Gasteiger partial charge in [0.05, 0.1) is 5.69 Å². The quantitative estimate of drug-likeness (QED) is 0.802. The van der Waals surface area contributed by atoms with Crippen LogP contribution in [0.4, 0.5) is 0 Å². The van der Waals surface area contributed by atoms with Gasteiger partial charge in [0.15, 0.2) is 0 Å². The highest BCUT2D eigenvalue weighted by molar-refractivity contribution is 5.78. The Balaban J connectivity index is 1.43. The Morgan fingerprint density at radius 2 is 1.84 bits per heavy atom. The summed E-state index contributed by atoms with van der Waals surface area (Å²) in [7, 11) is 0. The lowest BCUT2D eigenvalue weighted by atomic mass is 9.93. The predicted molar refractivity (Wildman–Crippen MR) is 95.9 cm³/mol. The van der Waals surface area contributed by atoms with Crippen LogP contribution in [0.1, 0.15) is 63.5 Å². The minimum atomic E-state index is 0.195. The second kappa shape index (κ2) is 9.32. The molecule has 3 rings (SSSR count). The summed E-state index contributed by atoms with van der Waals surface area (Å²) in [6.45, 7) is 2.87. The summed E-state index contributed by atoms with van der Waals surface area (Å²) in [5.74, 6) is 1.27. The molecule has 1 aromatic heterocycles. The Morgan fingerprint density at radius 1 is 1.12 bits per heavy atom. The second-order valence-electron chi connectivity index (χ2n) is 7.72. The van der Waals surface area contributed by atoms with Crippen molar-refractivity contribution in [2.45, 2.75) is 70.8 Å². The lowest BCUT2D eigenvalue weighted by Crippen LogP contribution is -2.42. The van der Waals surface area contributed by atoms with Gasteiger partial charge in [0.1, 0.15) is 0 Å². The van der Waals surface area contributed by atoms with E-state index in [-0.39, 0.29) is 12.5 Å². The van der Waals surface area contributed by atoms with Crippen LogP contribution in [0.3, 0.4) is 0 Å². The van der Waals surface area contributed by atoms with Crippen molar-refractivity contribution in [2.75, 3.05) is 19.7 Å². The van der Waals surface area contributed by atoms with Crippen LogP contribution in [0, 0.1) is 11.8 Å². The van der Waals surface area contributed by atoms with Gasteiger partial charge in [0.2, 0.25) is 5.91 Å². The predicted octanol–water partition coefficient (Wildman–Crippen LogP) is 2.41. The van der Waals surface area contributed by atoms with E-state index in [0.29, 0.717) is 11.8 Å².